The van der Waals surface area contributed by atoms with Gasteiger partial charge in [0.2, 0.25) is 0 Å². The van der Waals surface area contributed by atoms with Gasteiger partial charge < -0.3 is 10.4 Å². The highest BCUT2D eigenvalue weighted by molar-refractivity contribution is 7.80. The van der Waals surface area contributed by atoms with Crippen molar-refractivity contribution >= 4 is 35.0 Å². The van der Waals surface area contributed by atoms with Gasteiger partial charge in [-0.2, -0.15) is 5.10 Å². The molecule has 0 atom stereocenters. The molecule has 0 unspecified atom stereocenters. The largest absolute Gasteiger partial charge is 0.391 e. The molecule has 6 heteroatoms. The number of rotatable bonds is 3. The lowest BCUT2D eigenvalue weighted by Crippen LogP contribution is -1.97. The molecule has 0 bridgehead atoms. The van der Waals surface area contributed by atoms with Gasteiger partial charge in [0, 0.05) is 27.7 Å². The maximum absolute atomic E-state index is 9.40. The Balaban J connectivity index is 2.08. The second-order valence-corrected chi connectivity index (χ2v) is 5.04. The molecule has 0 aliphatic heterocycles. The molecule has 0 spiro atoms. The SMILES string of the molecule is Cc1[nH]nc(Nc2ccnc3ccc(S)cc23)c1CO. The van der Waals surface area contributed by atoms with Gasteiger partial charge in [0.15, 0.2) is 5.82 Å². The number of H-pyrrole nitrogens is 1. The number of aliphatic hydroxyl groups excluding tert-OH is 1. The third-order valence-electron chi connectivity index (χ3n) is 3.21. The van der Waals surface area contributed by atoms with E-state index in [1.54, 1.807) is 6.20 Å². The third kappa shape index (κ3) is 2.23. The minimum atomic E-state index is -0.0640. The van der Waals surface area contributed by atoms with E-state index < -0.39 is 0 Å². The lowest BCUT2D eigenvalue weighted by Gasteiger charge is -2.09. The average Bonchev–Trinajstić information content (AvgIpc) is 2.80. The number of aromatic nitrogens is 3. The van der Waals surface area contributed by atoms with Gasteiger partial charge in [0.05, 0.1) is 17.8 Å². The van der Waals surface area contributed by atoms with E-state index in [0.29, 0.717) is 5.82 Å². The molecule has 102 valence electrons. The number of pyridine rings is 1. The number of thiol groups is 1. The lowest BCUT2D eigenvalue weighted by molar-refractivity contribution is 0.282. The normalized spacial score (nSPS) is 10.9. The van der Waals surface area contributed by atoms with Crippen LogP contribution in [0, 0.1) is 6.92 Å². The molecule has 2 aromatic heterocycles. The predicted octanol–water partition coefficient (Wildman–Crippen LogP) is 2.79. The van der Waals surface area contributed by atoms with Gasteiger partial charge in [-0.05, 0) is 31.2 Å². The van der Waals surface area contributed by atoms with Crippen LogP contribution in [0.4, 0.5) is 11.5 Å². The first kappa shape index (κ1) is 13.0. The highest BCUT2D eigenvalue weighted by Gasteiger charge is 2.11. The fraction of sp³-hybridized carbons (Fsp3) is 0.143. The van der Waals surface area contributed by atoms with Crippen LogP contribution in [0.3, 0.4) is 0 Å². The third-order valence-corrected chi connectivity index (χ3v) is 3.49. The van der Waals surface area contributed by atoms with Crippen molar-refractivity contribution in [3.05, 3.63) is 41.7 Å². The fourth-order valence-electron chi connectivity index (χ4n) is 2.12. The minimum Gasteiger partial charge on any atom is -0.391 e. The predicted molar refractivity (Wildman–Crippen MR) is 81.5 cm³/mol. The number of aromatic amines is 1. The number of aryl methyl sites for hydroxylation is 1. The maximum atomic E-state index is 9.40. The van der Waals surface area contributed by atoms with E-state index in [9.17, 15) is 5.11 Å². The molecule has 0 radical (unpaired) electrons. The number of nitrogens with zero attached hydrogens (tertiary/aromatic N) is 2. The van der Waals surface area contributed by atoms with Gasteiger partial charge in [-0.1, -0.05) is 0 Å². The van der Waals surface area contributed by atoms with Gasteiger partial charge in [-0.3, -0.25) is 10.1 Å². The molecule has 0 fully saturated rings. The number of benzene rings is 1. The van der Waals surface area contributed by atoms with E-state index in [-0.39, 0.29) is 6.61 Å². The quantitative estimate of drug-likeness (QED) is 0.559. The number of hydrogen-bond acceptors (Lipinski definition) is 5. The van der Waals surface area contributed by atoms with Crippen LogP contribution in [-0.2, 0) is 6.61 Å². The zero-order valence-electron chi connectivity index (χ0n) is 10.9. The topological polar surface area (TPSA) is 73.8 Å². The first-order valence-corrected chi connectivity index (χ1v) is 6.63. The summed E-state index contributed by atoms with van der Waals surface area (Å²) in [5.41, 5.74) is 3.37. The molecule has 1 aromatic carbocycles. The van der Waals surface area contributed by atoms with Gasteiger partial charge in [-0.15, -0.1) is 12.6 Å². The highest BCUT2D eigenvalue weighted by atomic mass is 32.1. The molecule has 3 aromatic rings. The van der Waals surface area contributed by atoms with Crippen LogP contribution in [-0.4, -0.2) is 20.3 Å². The Labute approximate surface area is 121 Å². The summed E-state index contributed by atoms with van der Waals surface area (Å²) in [6.07, 6.45) is 1.74. The molecule has 3 N–H and O–H groups in total. The molecular weight excluding hydrogens is 272 g/mol. The van der Waals surface area contributed by atoms with E-state index in [2.05, 4.69) is 33.1 Å². The summed E-state index contributed by atoms with van der Waals surface area (Å²) < 4.78 is 0. The molecule has 0 aliphatic rings. The zero-order valence-corrected chi connectivity index (χ0v) is 11.8. The Morgan fingerprint density at radius 3 is 3.00 bits per heavy atom. The number of nitrogens with one attached hydrogen (secondary N) is 2. The highest BCUT2D eigenvalue weighted by Crippen LogP contribution is 2.28. The van der Waals surface area contributed by atoms with Crippen molar-refractivity contribution < 1.29 is 5.11 Å². The van der Waals surface area contributed by atoms with Crippen molar-refractivity contribution in [3.63, 3.8) is 0 Å². The molecule has 20 heavy (non-hydrogen) atoms. The summed E-state index contributed by atoms with van der Waals surface area (Å²) in [5.74, 6) is 0.627. The summed E-state index contributed by atoms with van der Waals surface area (Å²) >= 11 is 4.36. The standard InChI is InChI=1S/C14H14N4OS/c1-8-11(7-19)14(18-17-8)16-13-4-5-15-12-3-2-9(20)6-10(12)13/h2-6,19-20H,7H2,1H3,(H2,15,16,17,18). The summed E-state index contributed by atoms with van der Waals surface area (Å²) in [6, 6.07) is 7.65. The summed E-state index contributed by atoms with van der Waals surface area (Å²) in [5, 5.41) is 20.6. The Morgan fingerprint density at radius 1 is 1.35 bits per heavy atom. The van der Waals surface area contributed by atoms with E-state index in [1.165, 1.54) is 0 Å². The number of anilines is 2. The van der Waals surface area contributed by atoms with E-state index in [0.717, 1.165) is 32.7 Å². The maximum Gasteiger partial charge on any atom is 0.158 e. The van der Waals surface area contributed by atoms with Crippen LogP contribution in [0.25, 0.3) is 10.9 Å². The van der Waals surface area contributed by atoms with E-state index in [4.69, 9.17) is 0 Å². The molecular formula is C14H14N4OS. The van der Waals surface area contributed by atoms with Gasteiger partial charge in [0.25, 0.3) is 0 Å². The Bertz CT molecular complexity index is 769. The summed E-state index contributed by atoms with van der Waals surface area (Å²) in [7, 11) is 0. The van der Waals surface area contributed by atoms with Crippen LogP contribution >= 0.6 is 12.6 Å². The lowest BCUT2D eigenvalue weighted by atomic mass is 10.2. The van der Waals surface area contributed by atoms with Crippen molar-refractivity contribution in [2.24, 2.45) is 0 Å². The molecule has 5 nitrogen and oxygen atoms in total. The van der Waals surface area contributed by atoms with Crippen molar-refractivity contribution in [1.29, 1.82) is 0 Å². The molecule has 0 saturated heterocycles. The summed E-state index contributed by atoms with van der Waals surface area (Å²) in [4.78, 5) is 5.19. The molecule has 0 aliphatic carbocycles. The first-order valence-electron chi connectivity index (χ1n) is 6.18. The average molecular weight is 286 g/mol. The van der Waals surface area contributed by atoms with Crippen LogP contribution in [0.15, 0.2) is 35.4 Å². The number of fused-ring (bicyclic) bond motifs is 1. The smallest absolute Gasteiger partial charge is 0.158 e. The van der Waals surface area contributed by atoms with Crippen LogP contribution in [0.5, 0.6) is 0 Å². The Morgan fingerprint density at radius 2 is 2.20 bits per heavy atom. The zero-order chi connectivity index (χ0) is 14.1. The first-order chi connectivity index (χ1) is 9.69. The minimum absolute atomic E-state index is 0.0640. The van der Waals surface area contributed by atoms with E-state index in [1.807, 2.05) is 31.2 Å². The monoisotopic (exact) mass is 286 g/mol. The van der Waals surface area contributed by atoms with Crippen molar-refractivity contribution in [1.82, 2.24) is 15.2 Å². The van der Waals surface area contributed by atoms with Crippen LogP contribution < -0.4 is 5.32 Å². The molecule has 3 rings (SSSR count). The van der Waals surface area contributed by atoms with Crippen LogP contribution in [0.1, 0.15) is 11.3 Å². The van der Waals surface area contributed by atoms with Crippen molar-refractivity contribution in [2.45, 2.75) is 18.4 Å². The molecule has 0 saturated carbocycles. The van der Waals surface area contributed by atoms with E-state index >= 15 is 0 Å². The Kier molecular flexibility index (Phi) is 3.33. The Hall–Kier alpha value is -2.05. The second kappa shape index (κ2) is 5.15. The number of aliphatic hydroxyl groups is 1. The summed E-state index contributed by atoms with van der Waals surface area (Å²) in [6.45, 7) is 1.81. The van der Waals surface area contributed by atoms with Crippen molar-refractivity contribution in [2.75, 3.05) is 5.32 Å². The van der Waals surface area contributed by atoms with Gasteiger partial charge in [0.1, 0.15) is 0 Å². The number of hydrogen-bond donors (Lipinski definition) is 4. The fourth-order valence-corrected chi connectivity index (χ4v) is 2.32. The second-order valence-electron chi connectivity index (χ2n) is 4.52. The molecule has 0 amide bonds. The molecule has 2 heterocycles. The van der Waals surface area contributed by atoms with Gasteiger partial charge in [-0.25, -0.2) is 0 Å². The van der Waals surface area contributed by atoms with Crippen molar-refractivity contribution in [3.8, 4) is 0 Å². The van der Waals surface area contributed by atoms with Gasteiger partial charge >= 0.3 is 0 Å². The van der Waals surface area contributed by atoms with Crippen LogP contribution in [0.2, 0.25) is 0 Å².